The monoisotopic (exact) mass is 393 g/mol. The number of amides is 1. The standard InChI is InChI=1S/C26H23N3O/c30-26(22-14-8-16-27-18-22)29-25(20-11-5-2-6-12-20)23-15-7-13-21(24(23)28-29)17-19-9-3-1-4-10-19/h1-6,8-12,14,16-18,25,28H,7,13,15H2/b21-17+/t25-/m1/s1. The molecule has 148 valence electrons. The molecule has 5 rings (SSSR count). The van der Waals surface area contributed by atoms with Crippen molar-refractivity contribution in [1.29, 1.82) is 0 Å². The summed E-state index contributed by atoms with van der Waals surface area (Å²) in [5.41, 5.74) is 9.99. The molecular weight excluding hydrogens is 370 g/mol. The first kappa shape index (κ1) is 18.4. The summed E-state index contributed by atoms with van der Waals surface area (Å²) >= 11 is 0. The number of hydrogen-bond acceptors (Lipinski definition) is 3. The van der Waals surface area contributed by atoms with Crippen LogP contribution in [0.4, 0.5) is 0 Å². The fraction of sp³-hybridized carbons (Fsp3) is 0.154. The van der Waals surface area contributed by atoms with E-state index in [0.29, 0.717) is 5.56 Å². The van der Waals surface area contributed by atoms with Crippen molar-refractivity contribution in [2.24, 2.45) is 0 Å². The van der Waals surface area contributed by atoms with Gasteiger partial charge < -0.3 is 0 Å². The van der Waals surface area contributed by atoms with Crippen LogP contribution >= 0.6 is 0 Å². The number of nitrogens with zero attached hydrogens (tertiary/aromatic N) is 2. The zero-order chi connectivity index (χ0) is 20.3. The first-order chi connectivity index (χ1) is 14.8. The third-order valence-corrected chi connectivity index (χ3v) is 5.74. The first-order valence-corrected chi connectivity index (χ1v) is 10.4. The zero-order valence-corrected chi connectivity index (χ0v) is 16.7. The number of hydrogen-bond donors (Lipinski definition) is 1. The van der Waals surface area contributed by atoms with E-state index < -0.39 is 0 Å². The van der Waals surface area contributed by atoms with Gasteiger partial charge in [0, 0.05) is 12.4 Å². The van der Waals surface area contributed by atoms with E-state index in [1.807, 2.05) is 30.3 Å². The summed E-state index contributed by atoms with van der Waals surface area (Å²) in [4.78, 5) is 17.6. The molecule has 1 N–H and O–H groups in total. The number of benzene rings is 2. The predicted octanol–water partition coefficient (Wildman–Crippen LogP) is 5.30. The number of nitrogens with one attached hydrogen (secondary N) is 1. The highest BCUT2D eigenvalue weighted by atomic mass is 16.2. The summed E-state index contributed by atoms with van der Waals surface area (Å²) in [6.45, 7) is 0. The van der Waals surface area contributed by atoms with Crippen LogP contribution in [-0.4, -0.2) is 15.9 Å². The fourth-order valence-electron chi connectivity index (χ4n) is 4.36. The van der Waals surface area contributed by atoms with Gasteiger partial charge >= 0.3 is 0 Å². The number of carbonyl (C=O) groups excluding carboxylic acids is 1. The fourth-order valence-corrected chi connectivity index (χ4v) is 4.36. The molecule has 0 fully saturated rings. The molecule has 1 aliphatic heterocycles. The van der Waals surface area contributed by atoms with Gasteiger partial charge in [-0.05, 0) is 59.7 Å². The Kier molecular flexibility index (Phi) is 4.89. The van der Waals surface area contributed by atoms with Crippen LogP contribution in [0.2, 0.25) is 0 Å². The summed E-state index contributed by atoms with van der Waals surface area (Å²) in [7, 11) is 0. The molecule has 0 bridgehead atoms. The zero-order valence-electron chi connectivity index (χ0n) is 16.7. The second-order valence-electron chi connectivity index (χ2n) is 7.68. The van der Waals surface area contributed by atoms with Gasteiger partial charge in [-0.1, -0.05) is 60.7 Å². The van der Waals surface area contributed by atoms with Crippen LogP contribution in [0.15, 0.2) is 102 Å². The molecule has 3 aromatic rings. The number of aromatic nitrogens is 1. The first-order valence-electron chi connectivity index (χ1n) is 10.4. The minimum absolute atomic E-state index is 0.0644. The maximum atomic E-state index is 13.4. The molecule has 0 saturated carbocycles. The Labute approximate surface area is 176 Å². The van der Waals surface area contributed by atoms with Crippen LogP contribution in [0.1, 0.15) is 46.8 Å². The molecule has 1 atom stereocenters. The van der Waals surface area contributed by atoms with Gasteiger partial charge in [-0.3, -0.25) is 15.2 Å². The number of pyridine rings is 1. The molecule has 0 radical (unpaired) electrons. The van der Waals surface area contributed by atoms with Crippen molar-refractivity contribution >= 4 is 12.0 Å². The predicted molar refractivity (Wildman–Crippen MR) is 118 cm³/mol. The van der Waals surface area contributed by atoms with Crippen LogP contribution < -0.4 is 5.43 Å². The van der Waals surface area contributed by atoms with Crippen molar-refractivity contribution in [2.45, 2.75) is 25.3 Å². The second kappa shape index (κ2) is 7.99. The summed E-state index contributed by atoms with van der Waals surface area (Å²) in [6.07, 6.45) is 8.61. The van der Waals surface area contributed by atoms with Gasteiger partial charge in [0.15, 0.2) is 0 Å². The molecule has 4 nitrogen and oxygen atoms in total. The van der Waals surface area contributed by atoms with Crippen molar-refractivity contribution in [3.8, 4) is 0 Å². The third-order valence-electron chi connectivity index (χ3n) is 5.74. The Hall–Kier alpha value is -3.66. The van der Waals surface area contributed by atoms with Crippen LogP contribution in [0, 0.1) is 0 Å². The van der Waals surface area contributed by atoms with Gasteiger partial charge in [0.05, 0.1) is 11.3 Å². The van der Waals surface area contributed by atoms with Gasteiger partial charge in [0.2, 0.25) is 0 Å². The highest BCUT2D eigenvalue weighted by molar-refractivity contribution is 5.94. The smallest absolute Gasteiger partial charge is 0.274 e. The molecule has 1 aromatic heterocycles. The Morgan fingerprint density at radius 1 is 0.967 bits per heavy atom. The highest BCUT2D eigenvalue weighted by Gasteiger charge is 2.39. The normalized spacial score (nSPS) is 19.5. The lowest BCUT2D eigenvalue weighted by Gasteiger charge is -2.27. The van der Waals surface area contributed by atoms with E-state index in [4.69, 9.17) is 0 Å². The van der Waals surface area contributed by atoms with Gasteiger partial charge in [0.25, 0.3) is 5.91 Å². The van der Waals surface area contributed by atoms with E-state index in [1.54, 1.807) is 23.5 Å². The van der Waals surface area contributed by atoms with Crippen LogP contribution in [-0.2, 0) is 0 Å². The van der Waals surface area contributed by atoms with Crippen molar-refractivity contribution in [1.82, 2.24) is 15.4 Å². The van der Waals surface area contributed by atoms with E-state index in [9.17, 15) is 4.79 Å². The molecule has 2 aromatic carbocycles. The molecule has 2 heterocycles. The van der Waals surface area contributed by atoms with Gasteiger partial charge in [-0.25, -0.2) is 5.01 Å². The van der Waals surface area contributed by atoms with Crippen molar-refractivity contribution in [3.05, 3.63) is 119 Å². The van der Waals surface area contributed by atoms with Crippen LogP contribution in [0.5, 0.6) is 0 Å². The lowest BCUT2D eigenvalue weighted by molar-refractivity contribution is 0.0656. The number of carbonyl (C=O) groups is 1. The molecule has 0 unspecified atom stereocenters. The second-order valence-corrected chi connectivity index (χ2v) is 7.68. The van der Waals surface area contributed by atoms with Gasteiger partial charge in [0.1, 0.15) is 6.04 Å². The molecule has 0 saturated heterocycles. The Bertz CT molecular complexity index is 1100. The van der Waals surface area contributed by atoms with E-state index in [0.717, 1.165) is 30.5 Å². The Balaban J connectivity index is 1.58. The molecule has 1 amide bonds. The molecule has 1 aliphatic carbocycles. The summed E-state index contributed by atoms with van der Waals surface area (Å²) in [5, 5.41) is 1.78. The van der Waals surface area contributed by atoms with E-state index in [1.165, 1.54) is 16.7 Å². The number of allylic oxidation sites excluding steroid dienone is 1. The SMILES string of the molecule is O=C(c1cccnc1)N1NC2=C(CCC/C2=C\c2ccccc2)[C@H]1c1ccccc1. The third kappa shape index (κ3) is 3.41. The molecule has 0 spiro atoms. The van der Waals surface area contributed by atoms with Crippen molar-refractivity contribution < 1.29 is 4.79 Å². The highest BCUT2D eigenvalue weighted by Crippen LogP contribution is 2.44. The maximum absolute atomic E-state index is 13.4. The largest absolute Gasteiger partial charge is 0.295 e. The van der Waals surface area contributed by atoms with Gasteiger partial charge in [-0.15, -0.1) is 0 Å². The lowest BCUT2D eigenvalue weighted by atomic mass is 9.86. The Morgan fingerprint density at radius 2 is 1.73 bits per heavy atom. The van der Waals surface area contributed by atoms with Crippen LogP contribution in [0.3, 0.4) is 0 Å². The maximum Gasteiger partial charge on any atom is 0.274 e. The van der Waals surface area contributed by atoms with E-state index >= 15 is 0 Å². The summed E-state index contributed by atoms with van der Waals surface area (Å²) in [5.74, 6) is -0.0644. The number of rotatable bonds is 3. The average molecular weight is 393 g/mol. The topological polar surface area (TPSA) is 45.2 Å². The quantitative estimate of drug-likeness (QED) is 0.656. The van der Waals surface area contributed by atoms with Crippen LogP contribution in [0.25, 0.3) is 6.08 Å². The summed E-state index contributed by atoms with van der Waals surface area (Å²) < 4.78 is 0. The van der Waals surface area contributed by atoms with Gasteiger partial charge in [-0.2, -0.15) is 0 Å². The average Bonchev–Trinajstić information content (AvgIpc) is 3.21. The minimum atomic E-state index is -0.117. The summed E-state index contributed by atoms with van der Waals surface area (Å²) in [6, 6.07) is 24.1. The van der Waals surface area contributed by atoms with Crippen molar-refractivity contribution in [2.75, 3.05) is 0 Å². The minimum Gasteiger partial charge on any atom is -0.295 e. The van der Waals surface area contributed by atoms with Crippen molar-refractivity contribution in [3.63, 3.8) is 0 Å². The Morgan fingerprint density at radius 3 is 2.47 bits per heavy atom. The molecule has 30 heavy (non-hydrogen) atoms. The van der Waals surface area contributed by atoms with E-state index in [2.05, 4.69) is 52.9 Å². The lowest BCUT2D eigenvalue weighted by Crippen LogP contribution is -2.40. The number of hydrazine groups is 1. The molecule has 2 aliphatic rings. The van der Waals surface area contributed by atoms with E-state index in [-0.39, 0.29) is 11.9 Å². The molecule has 4 heteroatoms. The molecular formula is C26H23N3O.